The highest BCUT2D eigenvalue weighted by molar-refractivity contribution is 5.85. The Morgan fingerprint density at radius 3 is 2.38 bits per heavy atom. The largest absolute Gasteiger partial charge is 0.416 e. The van der Waals surface area contributed by atoms with Crippen molar-refractivity contribution in [2.45, 2.75) is 62.1 Å². The molecule has 1 heterocycles. The Balaban J connectivity index is 0.00000300. The van der Waals surface area contributed by atoms with E-state index in [2.05, 4.69) is 10.6 Å². The molecule has 3 rings (SSSR count). The third kappa shape index (κ3) is 5.25. The van der Waals surface area contributed by atoms with E-state index in [1.807, 2.05) is 0 Å². The van der Waals surface area contributed by atoms with E-state index in [1.54, 1.807) is 13.2 Å². The average Bonchev–Trinajstić information content (AvgIpc) is 2.72. The molecule has 1 saturated carbocycles. The van der Waals surface area contributed by atoms with Gasteiger partial charge in [0.05, 0.1) is 5.56 Å². The molecule has 2 aliphatic rings. The van der Waals surface area contributed by atoms with E-state index in [0.717, 1.165) is 38.2 Å². The molecule has 1 aliphatic carbocycles. The SMILES string of the molecule is COC1(C(=O)NCC2(c3cccc(C(F)(F)F)c3)CCCCC2)CCNCC1.Cl. The van der Waals surface area contributed by atoms with Crippen LogP contribution in [0.25, 0.3) is 0 Å². The monoisotopic (exact) mass is 434 g/mol. The second-order valence-corrected chi connectivity index (χ2v) is 8.05. The first-order valence-corrected chi connectivity index (χ1v) is 10.0. The Bertz CT molecular complexity index is 685. The maximum absolute atomic E-state index is 13.2. The van der Waals surface area contributed by atoms with Gasteiger partial charge in [-0.3, -0.25) is 4.79 Å². The van der Waals surface area contributed by atoms with Gasteiger partial charge in [0.1, 0.15) is 5.60 Å². The van der Waals surface area contributed by atoms with E-state index in [9.17, 15) is 18.0 Å². The lowest BCUT2D eigenvalue weighted by Crippen LogP contribution is -2.56. The minimum absolute atomic E-state index is 0. The molecule has 1 aromatic carbocycles. The third-order valence-electron chi connectivity index (χ3n) is 6.42. The third-order valence-corrected chi connectivity index (χ3v) is 6.42. The van der Waals surface area contributed by atoms with Crippen LogP contribution in [0.5, 0.6) is 0 Å². The van der Waals surface area contributed by atoms with Crippen LogP contribution in [0.2, 0.25) is 0 Å². The molecule has 2 N–H and O–H groups in total. The first-order valence-electron chi connectivity index (χ1n) is 10.0. The summed E-state index contributed by atoms with van der Waals surface area (Å²) >= 11 is 0. The number of rotatable bonds is 5. The van der Waals surface area contributed by atoms with Crippen molar-refractivity contribution >= 4 is 18.3 Å². The van der Waals surface area contributed by atoms with E-state index in [4.69, 9.17) is 4.74 Å². The van der Waals surface area contributed by atoms with Crippen LogP contribution in [0.1, 0.15) is 56.1 Å². The fraction of sp³-hybridized carbons (Fsp3) is 0.667. The van der Waals surface area contributed by atoms with Crippen molar-refractivity contribution in [3.05, 3.63) is 35.4 Å². The zero-order valence-corrected chi connectivity index (χ0v) is 17.6. The molecule has 4 nitrogen and oxygen atoms in total. The first-order chi connectivity index (χ1) is 13.3. The summed E-state index contributed by atoms with van der Waals surface area (Å²) in [6.45, 7) is 1.76. The van der Waals surface area contributed by atoms with Gasteiger partial charge in [0.2, 0.25) is 0 Å². The van der Waals surface area contributed by atoms with Crippen LogP contribution in [-0.2, 0) is 21.1 Å². The zero-order chi connectivity index (χ0) is 20.3. The number of halogens is 4. The molecule has 1 aliphatic heterocycles. The number of methoxy groups -OCH3 is 1. The maximum atomic E-state index is 13.2. The average molecular weight is 435 g/mol. The van der Waals surface area contributed by atoms with Gasteiger partial charge in [-0.25, -0.2) is 0 Å². The van der Waals surface area contributed by atoms with Gasteiger partial charge < -0.3 is 15.4 Å². The van der Waals surface area contributed by atoms with E-state index >= 15 is 0 Å². The van der Waals surface area contributed by atoms with Gasteiger partial charge in [0.15, 0.2) is 0 Å². The van der Waals surface area contributed by atoms with E-state index < -0.39 is 22.8 Å². The molecule has 0 radical (unpaired) electrons. The number of nitrogens with one attached hydrogen (secondary N) is 2. The van der Waals surface area contributed by atoms with Crippen molar-refractivity contribution in [2.24, 2.45) is 0 Å². The highest BCUT2D eigenvalue weighted by Gasteiger charge is 2.42. The van der Waals surface area contributed by atoms with Gasteiger partial charge in [0.25, 0.3) is 5.91 Å². The minimum atomic E-state index is -4.37. The van der Waals surface area contributed by atoms with Crippen LogP contribution in [0.3, 0.4) is 0 Å². The van der Waals surface area contributed by atoms with Crippen LogP contribution < -0.4 is 10.6 Å². The van der Waals surface area contributed by atoms with Crippen molar-refractivity contribution in [2.75, 3.05) is 26.7 Å². The predicted octanol–water partition coefficient (Wildman–Crippen LogP) is 4.21. The van der Waals surface area contributed by atoms with Crippen LogP contribution in [0, 0.1) is 0 Å². The molecule has 0 aromatic heterocycles. The van der Waals surface area contributed by atoms with E-state index in [-0.39, 0.29) is 18.3 Å². The normalized spacial score (nSPS) is 21.1. The highest BCUT2D eigenvalue weighted by atomic mass is 35.5. The van der Waals surface area contributed by atoms with Gasteiger partial charge in [-0.2, -0.15) is 13.2 Å². The lowest BCUT2D eigenvalue weighted by Gasteiger charge is -2.40. The standard InChI is InChI=1S/C21H29F3N2O2.ClH/c1-28-20(10-12-25-13-11-20)18(27)26-15-19(8-3-2-4-9-19)16-6-5-7-17(14-16)21(22,23)24;/h5-7,14,25H,2-4,8-13,15H2,1H3,(H,26,27);1H. The van der Waals surface area contributed by atoms with Crippen LogP contribution in [0.4, 0.5) is 13.2 Å². The first kappa shape index (κ1) is 24.0. The van der Waals surface area contributed by atoms with Crippen LogP contribution >= 0.6 is 12.4 Å². The van der Waals surface area contributed by atoms with E-state index in [1.165, 1.54) is 12.1 Å². The molecule has 0 atom stereocenters. The van der Waals surface area contributed by atoms with E-state index in [0.29, 0.717) is 38.0 Å². The highest BCUT2D eigenvalue weighted by Crippen LogP contribution is 2.41. The fourth-order valence-electron chi connectivity index (χ4n) is 4.59. The number of hydrogen-bond donors (Lipinski definition) is 2. The van der Waals surface area contributed by atoms with Crippen molar-refractivity contribution in [3.8, 4) is 0 Å². The number of benzene rings is 1. The molecule has 164 valence electrons. The number of ether oxygens (including phenoxy) is 1. The zero-order valence-electron chi connectivity index (χ0n) is 16.7. The summed E-state index contributed by atoms with van der Waals surface area (Å²) in [6.07, 6.45) is 1.33. The summed E-state index contributed by atoms with van der Waals surface area (Å²) in [7, 11) is 1.55. The van der Waals surface area contributed by atoms with Crippen molar-refractivity contribution in [1.82, 2.24) is 10.6 Å². The quantitative estimate of drug-likeness (QED) is 0.729. The number of hydrogen-bond acceptors (Lipinski definition) is 3. The number of alkyl halides is 3. The van der Waals surface area contributed by atoms with Crippen LogP contribution in [-0.4, -0.2) is 38.3 Å². The summed E-state index contributed by atoms with van der Waals surface area (Å²) < 4.78 is 45.2. The molecule has 29 heavy (non-hydrogen) atoms. The summed E-state index contributed by atoms with van der Waals surface area (Å²) in [5.74, 6) is -0.159. The molecule has 1 saturated heterocycles. The number of carbonyl (C=O) groups excluding carboxylic acids is 1. The number of carbonyl (C=O) groups is 1. The summed E-state index contributed by atoms with van der Waals surface area (Å²) in [4.78, 5) is 12.9. The summed E-state index contributed by atoms with van der Waals surface area (Å²) in [5.41, 5.74) is -1.28. The second kappa shape index (κ2) is 9.67. The Morgan fingerprint density at radius 1 is 1.14 bits per heavy atom. The second-order valence-electron chi connectivity index (χ2n) is 8.05. The van der Waals surface area contributed by atoms with Crippen molar-refractivity contribution in [1.29, 1.82) is 0 Å². The molecular weight excluding hydrogens is 405 g/mol. The summed E-state index contributed by atoms with van der Waals surface area (Å²) in [5, 5.41) is 6.26. The van der Waals surface area contributed by atoms with Crippen LogP contribution in [0.15, 0.2) is 24.3 Å². The predicted molar refractivity (Wildman–Crippen MR) is 108 cm³/mol. The Hall–Kier alpha value is -1.31. The Labute approximate surface area is 176 Å². The minimum Gasteiger partial charge on any atom is -0.368 e. The smallest absolute Gasteiger partial charge is 0.368 e. The van der Waals surface area contributed by atoms with Gasteiger partial charge in [-0.1, -0.05) is 37.5 Å². The molecule has 1 amide bonds. The molecule has 2 fully saturated rings. The summed E-state index contributed by atoms with van der Waals surface area (Å²) in [6, 6.07) is 5.60. The van der Waals surface area contributed by atoms with Gasteiger partial charge >= 0.3 is 6.18 Å². The fourth-order valence-corrected chi connectivity index (χ4v) is 4.59. The van der Waals surface area contributed by atoms with Gasteiger partial charge in [-0.05, 0) is 50.4 Å². The van der Waals surface area contributed by atoms with Crippen molar-refractivity contribution in [3.63, 3.8) is 0 Å². The molecule has 0 bridgehead atoms. The molecule has 1 aromatic rings. The molecule has 0 unspecified atom stereocenters. The number of amides is 1. The molecular formula is C21H30ClF3N2O2. The number of piperidine rings is 1. The lowest BCUT2D eigenvalue weighted by molar-refractivity contribution is -0.147. The topological polar surface area (TPSA) is 50.4 Å². The van der Waals surface area contributed by atoms with Gasteiger partial charge in [0, 0.05) is 19.1 Å². The van der Waals surface area contributed by atoms with Crippen molar-refractivity contribution < 1.29 is 22.7 Å². The lowest BCUT2D eigenvalue weighted by atomic mass is 9.69. The Kier molecular flexibility index (Phi) is 7.99. The maximum Gasteiger partial charge on any atom is 0.416 e. The Morgan fingerprint density at radius 2 is 1.79 bits per heavy atom. The molecule has 0 spiro atoms. The van der Waals surface area contributed by atoms with Gasteiger partial charge in [-0.15, -0.1) is 12.4 Å². The molecule has 8 heteroatoms.